The fourth-order valence-electron chi connectivity index (χ4n) is 5.45. The number of hydrogen-bond donors (Lipinski definition) is 1. The minimum absolute atomic E-state index is 0. The van der Waals surface area contributed by atoms with E-state index in [1.807, 2.05) is 77.7 Å². The van der Waals surface area contributed by atoms with Gasteiger partial charge in [-0.1, -0.05) is 89.9 Å². The van der Waals surface area contributed by atoms with E-state index in [0.29, 0.717) is 42.4 Å². The number of morpholine rings is 1. The molecule has 1 atom stereocenters. The molecule has 1 N–H and O–H groups in total. The molecule has 0 aliphatic carbocycles. The lowest BCUT2D eigenvalue weighted by atomic mass is 9.83. The summed E-state index contributed by atoms with van der Waals surface area (Å²) in [5.41, 5.74) is 1.48. The molecule has 3 aromatic rings. The summed E-state index contributed by atoms with van der Waals surface area (Å²) < 4.78 is 6.36. The molecule has 3 aromatic carbocycles. The molecule has 0 bridgehead atoms. The number of halogens is 3. The third-order valence-corrected chi connectivity index (χ3v) is 8.50. The first-order chi connectivity index (χ1) is 17.9. The SMILES string of the molecule is Cl.O=C1COC(CCN2CCC(O)(c3ccccc3)CC2)(c2ccc(Cl)c(Cl)c2)CN1Cc1ccccc1. The van der Waals surface area contributed by atoms with Gasteiger partial charge < -0.3 is 19.6 Å². The zero-order chi connectivity index (χ0) is 25.9. The third kappa shape index (κ3) is 6.36. The van der Waals surface area contributed by atoms with Crippen LogP contribution in [0.4, 0.5) is 0 Å². The van der Waals surface area contributed by atoms with Gasteiger partial charge in [0, 0.05) is 26.2 Å². The van der Waals surface area contributed by atoms with Crippen LogP contribution in [0, 0.1) is 0 Å². The van der Waals surface area contributed by atoms with E-state index >= 15 is 0 Å². The van der Waals surface area contributed by atoms with Gasteiger partial charge in [0.25, 0.3) is 0 Å². The molecule has 1 unspecified atom stereocenters. The smallest absolute Gasteiger partial charge is 0.249 e. The summed E-state index contributed by atoms with van der Waals surface area (Å²) in [6.07, 6.45) is 2.04. The van der Waals surface area contributed by atoms with E-state index in [0.717, 1.165) is 36.3 Å². The highest BCUT2D eigenvalue weighted by molar-refractivity contribution is 6.42. The van der Waals surface area contributed by atoms with Gasteiger partial charge in [0.05, 0.1) is 22.2 Å². The lowest BCUT2D eigenvalue weighted by molar-refractivity contribution is -0.169. The van der Waals surface area contributed by atoms with Crippen LogP contribution in [0.15, 0.2) is 78.9 Å². The lowest BCUT2D eigenvalue weighted by Crippen LogP contribution is -2.54. The van der Waals surface area contributed by atoms with Gasteiger partial charge in [0.2, 0.25) is 5.91 Å². The molecule has 2 aliphatic heterocycles. The van der Waals surface area contributed by atoms with Crippen molar-refractivity contribution in [1.82, 2.24) is 9.80 Å². The number of nitrogens with zero attached hydrogens (tertiary/aromatic N) is 2. The van der Waals surface area contributed by atoms with Crippen LogP contribution < -0.4 is 0 Å². The summed E-state index contributed by atoms with van der Waals surface area (Å²) in [5, 5.41) is 12.2. The summed E-state index contributed by atoms with van der Waals surface area (Å²) in [7, 11) is 0. The summed E-state index contributed by atoms with van der Waals surface area (Å²) >= 11 is 12.7. The van der Waals surface area contributed by atoms with Crippen LogP contribution >= 0.6 is 35.6 Å². The largest absolute Gasteiger partial charge is 0.385 e. The van der Waals surface area contributed by atoms with E-state index in [1.54, 1.807) is 6.07 Å². The van der Waals surface area contributed by atoms with Crippen LogP contribution in [0.5, 0.6) is 0 Å². The topological polar surface area (TPSA) is 53.0 Å². The van der Waals surface area contributed by atoms with E-state index in [9.17, 15) is 9.90 Å². The van der Waals surface area contributed by atoms with Gasteiger partial charge in [-0.3, -0.25) is 4.79 Å². The Labute approximate surface area is 240 Å². The van der Waals surface area contributed by atoms with Crippen molar-refractivity contribution in [3.63, 3.8) is 0 Å². The van der Waals surface area contributed by atoms with Crippen molar-refractivity contribution in [1.29, 1.82) is 0 Å². The van der Waals surface area contributed by atoms with E-state index < -0.39 is 11.2 Å². The third-order valence-electron chi connectivity index (χ3n) is 7.76. The molecule has 5 rings (SSSR count). The van der Waals surface area contributed by atoms with Gasteiger partial charge in [-0.2, -0.15) is 0 Å². The van der Waals surface area contributed by atoms with E-state index in [2.05, 4.69) is 4.90 Å². The standard InChI is InChI=1S/C30H32Cl2N2O3.ClH/c31-26-12-11-25(19-27(26)32)30(22-34(28(35)21-37-30)20-23-7-3-1-4-8-23)15-18-33-16-13-29(36,14-17-33)24-9-5-2-6-10-24;/h1-12,19,36H,13-18,20-22H2;1H. The fraction of sp³-hybridized carbons (Fsp3) is 0.367. The average Bonchev–Trinajstić information content (AvgIpc) is 2.93. The molecule has 2 saturated heterocycles. The maximum Gasteiger partial charge on any atom is 0.249 e. The molecule has 0 saturated carbocycles. The van der Waals surface area contributed by atoms with Crippen LogP contribution in [0.3, 0.4) is 0 Å². The first-order valence-electron chi connectivity index (χ1n) is 12.8. The predicted octanol–water partition coefficient (Wildman–Crippen LogP) is 6.04. The second-order valence-electron chi connectivity index (χ2n) is 10.1. The Morgan fingerprint density at radius 3 is 2.18 bits per heavy atom. The van der Waals surface area contributed by atoms with Crippen molar-refractivity contribution in [2.24, 2.45) is 0 Å². The Kier molecular flexibility index (Phi) is 9.40. The van der Waals surface area contributed by atoms with Crippen LogP contribution in [-0.4, -0.2) is 53.6 Å². The fourth-order valence-corrected chi connectivity index (χ4v) is 5.75. The molecule has 0 aromatic heterocycles. The first kappa shape index (κ1) is 28.9. The molecule has 2 fully saturated rings. The van der Waals surface area contributed by atoms with Gasteiger partial charge in [0.1, 0.15) is 12.2 Å². The summed E-state index contributed by atoms with van der Waals surface area (Å²) in [4.78, 5) is 17.1. The van der Waals surface area contributed by atoms with Crippen molar-refractivity contribution in [2.75, 3.05) is 32.8 Å². The number of piperidine rings is 1. The zero-order valence-electron chi connectivity index (χ0n) is 21.2. The number of hydrogen-bond acceptors (Lipinski definition) is 4. The van der Waals surface area contributed by atoms with Crippen LogP contribution in [-0.2, 0) is 27.3 Å². The Morgan fingerprint density at radius 1 is 0.868 bits per heavy atom. The number of rotatable bonds is 7. The minimum Gasteiger partial charge on any atom is -0.385 e. The van der Waals surface area contributed by atoms with Crippen molar-refractivity contribution >= 4 is 41.5 Å². The quantitative estimate of drug-likeness (QED) is 0.373. The molecule has 5 nitrogen and oxygen atoms in total. The number of carbonyl (C=O) groups is 1. The predicted molar refractivity (Wildman–Crippen MR) is 154 cm³/mol. The summed E-state index contributed by atoms with van der Waals surface area (Å²) in [6.45, 7) is 3.32. The zero-order valence-corrected chi connectivity index (χ0v) is 23.5. The van der Waals surface area contributed by atoms with Crippen molar-refractivity contribution < 1.29 is 14.6 Å². The molecule has 1 amide bonds. The highest BCUT2D eigenvalue weighted by Crippen LogP contribution is 2.39. The van der Waals surface area contributed by atoms with E-state index in [1.165, 1.54) is 0 Å². The molecule has 0 radical (unpaired) electrons. The maximum atomic E-state index is 12.9. The normalized spacial score (nSPS) is 21.7. The second kappa shape index (κ2) is 12.4. The van der Waals surface area contributed by atoms with Gasteiger partial charge in [-0.25, -0.2) is 0 Å². The number of ether oxygens (including phenoxy) is 1. The number of likely N-dealkylation sites (tertiary alicyclic amines) is 1. The van der Waals surface area contributed by atoms with E-state index in [4.69, 9.17) is 27.9 Å². The van der Waals surface area contributed by atoms with Gasteiger partial charge in [0.15, 0.2) is 0 Å². The average molecular weight is 576 g/mol. The van der Waals surface area contributed by atoms with Gasteiger partial charge in [-0.15, -0.1) is 12.4 Å². The monoisotopic (exact) mass is 574 g/mol. The Balaban J connectivity index is 0.00000336. The van der Waals surface area contributed by atoms with Crippen LogP contribution in [0.25, 0.3) is 0 Å². The minimum atomic E-state index is -0.792. The van der Waals surface area contributed by atoms with Crippen molar-refractivity contribution in [2.45, 2.75) is 37.0 Å². The number of amides is 1. The maximum absolute atomic E-state index is 12.9. The molecule has 2 aliphatic rings. The Bertz CT molecular complexity index is 1220. The van der Waals surface area contributed by atoms with Crippen molar-refractivity contribution in [3.8, 4) is 0 Å². The van der Waals surface area contributed by atoms with Gasteiger partial charge >= 0.3 is 0 Å². The summed E-state index contributed by atoms with van der Waals surface area (Å²) in [6, 6.07) is 25.6. The molecule has 8 heteroatoms. The highest BCUT2D eigenvalue weighted by atomic mass is 35.5. The molecule has 2 heterocycles. The molecular weight excluding hydrogens is 543 g/mol. The number of carbonyl (C=O) groups excluding carboxylic acids is 1. The lowest BCUT2D eigenvalue weighted by Gasteiger charge is -2.45. The second-order valence-corrected chi connectivity index (χ2v) is 11.0. The van der Waals surface area contributed by atoms with Crippen LogP contribution in [0.1, 0.15) is 36.0 Å². The molecule has 0 spiro atoms. The number of aliphatic hydroxyl groups is 1. The van der Waals surface area contributed by atoms with E-state index in [-0.39, 0.29) is 24.9 Å². The Hall–Kier alpha value is -2.12. The van der Waals surface area contributed by atoms with Gasteiger partial charge in [-0.05, 0) is 48.1 Å². The molecular formula is C30H33Cl3N2O3. The molecule has 38 heavy (non-hydrogen) atoms. The van der Waals surface area contributed by atoms with Crippen LogP contribution in [0.2, 0.25) is 10.0 Å². The first-order valence-corrected chi connectivity index (χ1v) is 13.5. The highest BCUT2D eigenvalue weighted by Gasteiger charge is 2.42. The number of benzene rings is 3. The summed E-state index contributed by atoms with van der Waals surface area (Å²) in [5.74, 6) is -0.0227. The Morgan fingerprint density at radius 2 is 1.53 bits per heavy atom. The van der Waals surface area contributed by atoms with Crippen molar-refractivity contribution in [3.05, 3.63) is 106 Å². The molecule has 202 valence electrons.